The number of methoxy groups -OCH3 is 1. The lowest BCUT2D eigenvalue weighted by atomic mass is 10.2. The van der Waals surface area contributed by atoms with Crippen molar-refractivity contribution in [1.82, 2.24) is 9.88 Å². The Morgan fingerprint density at radius 1 is 1.57 bits per heavy atom. The van der Waals surface area contributed by atoms with Gasteiger partial charge in [-0.15, -0.1) is 0 Å². The highest BCUT2D eigenvalue weighted by atomic mass is 16.5. The maximum Gasteiger partial charge on any atom is 0.0474 e. The standard InChI is InChI=1S/C11H20N2O/c1-10(12-6-4-8-14-3)11-5-7-13(2)9-11/h5,7,9-10,12H,4,6,8H2,1-3H3. The average Bonchev–Trinajstić information content (AvgIpc) is 2.59. The minimum Gasteiger partial charge on any atom is -0.385 e. The zero-order valence-electron chi connectivity index (χ0n) is 9.29. The van der Waals surface area contributed by atoms with Gasteiger partial charge >= 0.3 is 0 Å². The van der Waals surface area contributed by atoms with Gasteiger partial charge in [-0.1, -0.05) is 0 Å². The van der Waals surface area contributed by atoms with Crippen molar-refractivity contribution in [3.8, 4) is 0 Å². The number of aromatic nitrogens is 1. The van der Waals surface area contributed by atoms with Crippen molar-refractivity contribution in [2.45, 2.75) is 19.4 Å². The van der Waals surface area contributed by atoms with Crippen LogP contribution in [0.2, 0.25) is 0 Å². The van der Waals surface area contributed by atoms with Crippen LogP contribution < -0.4 is 5.32 Å². The summed E-state index contributed by atoms with van der Waals surface area (Å²) in [6.45, 7) is 4.01. The van der Waals surface area contributed by atoms with E-state index in [0.29, 0.717) is 6.04 Å². The van der Waals surface area contributed by atoms with Crippen molar-refractivity contribution in [2.24, 2.45) is 7.05 Å². The van der Waals surface area contributed by atoms with Gasteiger partial charge in [0.15, 0.2) is 0 Å². The van der Waals surface area contributed by atoms with Crippen molar-refractivity contribution in [1.29, 1.82) is 0 Å². The Hall–Kier alpha value is -0.800. The molecule has 0 aliphatic heterocycles. The van der Waals surface area contributed by atoms with Gasteiger partial charge in [-0.2, -0.15) is 0 Å². The van der Waals surface area contributed by atoms with Gasteiger partial charge in [0.2, 0.25) is 0 Å². The zero-order chi connectivity index (χ0) is 10.4. The molecule has 0 radical (unpaired) electrons. The predicted molar refractivity (Wildman–Crippen MR) is 58.3 cm³/mol. The molecule has 1 unspecified atom stereocenters. The Morgan fingerprint density at radius 2 is 2.36 bits per heavy atom. The van der Waals surface area contributed by atoms with Crippen LogP contribution >= 0.6 is 0 Å². The van der Waals surface area contributed by atoms with E-state index in [1.165, 1.54) is 5.56 Å². The van der Waals surface area contributed by atoms with E-state index in [4.69, 9.17) is 4.74 Å². The van der Waals surface area contributed by atoms with Crippen LogP contribution in [0.3, 0.4) is 0 Å². The van der Waals surface area contributed by atoms with E-state index in [2.05, 4.69) is 35.3 Å². The molecular weight excluding hydrogens is 176 g/mol. The Labute approximate surface area is 86.1 Å². The number of nitrogens with zero attached hydrogens (tertiary/aromatic N) is 1. The molecule has 0 aliphatic rings. The molecule has 1 heterocycles. The van der Waals surface area contributed by atoms with Crippen LogP contribution in [0.15, 0.2) is 18.5 Å². The number of nitrogens with one attached hydrogen (secondary N) is 1. The zero-order valence-corrected chi connectivity index (χ0v) is 9.29. The highest BCUT2D eigenvalue weighted by Crippen LogP contribution is 2.11. The highest BCUT2D eigenvalue weighted by molar-refractivity contribution is 5.14. The Kier molecular flexibility index (Phi) is 4.70. The topological polar surface area (TPSA) is 26.2 Å². The summed E-state index contributed by atoms with van der Waals surface area (Å²) in [6, 6.07) is 2.57. The van der Waals surface area contributed by atoms with Crippen LogP contribution in [0, 0.1) is 0 Å². The van der Waals surface area contributed by atoms with Gasteiger partial charge in [0.25, 0.3) is 0 Å². The minimum absolute atomic E-state index is 0.424. The van der Waals surface area contributed by atoms with Gasteiger partial charge in [0.05, 0.1) is 0 Å². The van der Waals surface area contributed by atoms with Gasteiger partial charge in [-0.25, -0.2) is 0 Å². The van der Waals surface area contributed by atoms with Crippen molar-refractivity contribution in [3.63, 3.8) is 0 Å². The molecule has 0 saturated heterocycles. The second-order valence-corrected chi connectivity index (χ2v) is 3.63. The van der Waals surface area contributed by atoms with Crippen LogP contribution in [-0.2, 0) is 11.8 Å². The van der Waals surface area contributed by atoms with Crippen molar-refractivity contribution >= 4 is 0 Å². The molecule has 3 nitrogen and oxygen atoms in total. The number of rotatable bonds is 6. The SMILES string of the molecule is COCCCNC(C)c1ccn(C)c1. The quantitative estimate of drug-likeness (QED) is 0.701. The van der Waals surface area contributed by atoms with Gasteiger partial charge in [-0.05, 0) is 31.5 Å². The van der Waals surface area contributed by atoms with Gasteiger partial charge < -0.3 is 14.6 Å². The van der Waals surface area contributed by atoms with Crippen LogP contribution in [-0.4, -0.2) is 24.8 Å². The Morgan fingerprint density at radius 3 is 2.93 bits per heavy atom. The molecule has 1 rings (SSSR count). The number of hydrogen-bond acceptors (Lipinski definition) is 2. The van der Waals surface area contributed by atoms with E-state index in [-0.39, 0.29) is 0 Å². The summed E-state index contributed by atoms with van der Waals surface area (Å²) in [5, 5.41) is 3.45. The summed E-state index contributed by atoms with van der Waals surface area (Å²) in [4.78, 5) is 0. The number of ether oxygens (including phenoxy) is 1. The van der Waals surface area contributed by atoms with Crippen molar-refractivity contribution < 1.29 is 4.74 Å². The first-order chi connectivity index (χ1) is 6.74. The molecule has 80 valence electrons. The van der Waals surface area contributed by atoms with Crippen LogP contribution in [0.5, 0.6) is 0 Å². The fourth-order valence-electron chi connectivity index (χ4n) is 1.43. The van der Waals surface area contributed by atoms with Crippen molar-refractivity contribution in [2.75, 3.05) is 20.3 Å². The lowest BCUT2D eigenvalue weighted by Gasteiger charge is -2.11. The monoisotopic (exact) mass is 196 g/mol. The third kappa shape index (κ3) is 3.52. The number of aryl methyl sites for hydroxylation is 1. The summed E-state index contributed by atoms with van der Waals surface area (Å²) >= 11 is 0. The minimum atomic E-state index is 0.424. The van der Waals surface area contributed by atoms with E-state index < -0.39 is 0 Å². The molecule has 1 aromatic rings. The Balaban J connectivity index is 2.25. The normalized spacial score (nSPS) is 13.1. The van der Waals surface area contributed by atoms with Crippen LogP contribution in [0.25, 0.3) is 0 Å². The molecule has 0 saturated carbocycles. The third-order valence-corrected chi connectivity index (χ3v) is 2.33. The highest BCUT2D eigenvalue weighted by Gasteiger charge is 2.04. The maximum absolute atomic E-state index is 4.99. The lowest BCUT2D eigenvalue weighted by Crippen LogP contribution is -2.20. The van der Waals surface area contributed by atoms with Gasteiger partial charge in [0, 0.05) is 39.2 Å². The molecule has 0 fully saturated rings. The second-order valence-electron chi connectivity index (χ2n) is 3.63. The molecule has 14 heavy (non-hydrogen) atoms. The summed E-state index contributed by atoms with van der Waals surface area (Å²) in [5.41, 5.74) is 1.34. The third-order valence-electron chi connectivity index (χ3n) is 2.33. The molecule has 0 aromatic carbocycles. The predicted octanol–water partition coefficient (Wildman–Crippen LogP) is 1.71. The van der Waals surface area contributed by atoms with E-state index in [9.17, 15) is 0 Å². The smallest absolute Gasteiger partial charge is 0.0474 e. The molecule has 0 amide bonds. The van der Waals surface area contributed by atoms with Crippen LogP contribution in [0.4, 0.5) is 0 Å². The summed E-state index contributed by atoms with van der Waals surface area (Å²) < 4.78 is 7.06. The molecule has 1 aromatic heterocycles. The summed E-state index contributed by atoms with van der Waals surface area (Å²) in [7, 11) is 3.78. The fraction of sp³-hybridized carbons (Fsp3) is 0.636. The van der Waals surface area contributed by atoms with Gasteiger partial charge in [-0.3, -0.25) is 0 Å². The first-order valence-corrected chi connectivity index (χ1v) is 5.08. The number of hydrogen-bond donors (Lipinski definition) is 1. The Bertz CT molecular complexity index is 258. The molecule has 3 heteroatoms. The molecule has 1 N–H and O–H groups in total. The lowest BCUT2D eigenvalue weighted by molar-refractivity contribution is 0.193. The first-order valence-electron chi connectivity index (χ1n) is 5.08. The van der Waals surface area contributed by atoms with Crippen molar-refractivity contribution in [3.05, 3.63) is 24.0 Å². The van der Waals surface area contributed by atoms with E-state index in [0.717, 1.165) is 19.6 Å². The van der Waals surface area contributed by atoms with E-state index >= 15 is 0 Å². The largest absolute Gasteiger partial charge is 0.385 e. The molecule has 0 spiro atoms. The fourth-order valence-corrected chi connectivity index (χ4v) is 1.43. The molecule has 1 atom stereocenters. The summed E-state index contributed by atoms with van der Waals surface area (Å²) in [5.74, 6) is 0. The second kappa shape index (κ2) is 5.83. The average molecular weight is 196 g/mol. The van der Waals surface area contributed by atoms with E-state index in [1.54, 1.807) is 7.11 Å². The van der Waals surface area contributed by atoms with Gasteiger partial charge in [0.1, 0.15) is 0 Å². The molecule has 0 aliphatic carbocycles. The first kappa shape index (κ1) is 11.3. The van der Waals surface area contributed by atoms with Crippen LogP contribution in [0.1, 0.15) is 24.9 Å². The molecular formula is C11H20N2O. The molecule has 0 bridgehead atoms. The van der Waals surface area contributed by atoms with E-state index in [1.807, 2.05) is 7.05 Å². The summed E-state index contributed by atoms with van der Waals surface area (Å²) in [6.07, 6.45) is 5.28. The maximum atomic E-state index is 4.99.